The zero-order valence-corrected chi connectivity index (χ0v) is 4.96. The van der Waals surface area contributed by atoms with Crippen molar-refractivity contribution in [2.24, 2.45) is 5.73 Å². The molecule has 0 aromatic carbocycles. The SMILES string of the molecule is COC1OC1CCN. The fraction of sp³-hybridized carbons (Fsp3) is 1.00. The van der Waals surface area contributed by atoms with Crippen LogP contribution in [0.15, 0.2) is 0 Å². The largest absolute Gasteiger partial charge is 0.353 e. The van der Waals surface area contributed by atoms with Gasteiger partial charge in [-0.2, -0.15) is 0 Å². The Morgan fingerprint density at radius 3 is 2.88 bits per heavy atom. The summed E-state index contributed by atoms with van der Waals surface area (Å²) in [6.07, 6.45) is 1.24. The molecule has 1 heterocycles. The average Bonchev–Trinajstić information content (AvgIpc) is 2.48. The van der Waals surface area contributed by atoms with Gasteiger partial charge in [0.25, 0.3) is 0 Å². The van der Waals surface area contributed by atoms with Gasteiger partial charge in [0.15, 0.2) is 6.29 Å². The molecule has 1 aliphatic rings. The van der Waals surface area contributed by atoms with Crippen LogP contribution in [-0.4, -0.2) is 26.0 Å². The van der Waals surface area contributed by atoms with E-state index in [4.69, 9.17) is 15.2 Å². The topological polar surface area (TPSA) is 47.8 Å². The van der Waals surface area contributed by atoms with Crippen LogP contribution in [0, 0.1) is 0 Å². The molecule has 3 heteroatoms. The van der Waals surface area contributed by atoms with E-state index in [-0.39, 0.29) is 12.4 Å². The maximum atomic E-state index is 5.25. The molecule has 2 atom stereocenters. The summed E-state index contributed by atoms with van der Waals surface area (Å²) in [6, 6.07) is 0. The second kappa shape index (κ2) is 2.44. The Hall–Kier alpha value is -0.120. The van der Waals surface area contributed by atoms with Gasteiger partial charge in [-0.25, -0.2) is 0 Å². The van der Waals surface area contributed by atoms with Gasteiger partial charge in [-0.3, -0.25) is 0 Å². The van der Waals surface area contributed by atoms with Crippen LogP contribution in [-0.2, 0) is 9.47 Å². The van der Waals surface area contributed by atoms with E-state index in [1.165, 1.54) is 0 Å². The highest BCUT2D eigenvalue weighted by Crippen LogP contribution is 2.24. The Balaban J connectivity index is 1.99. The van der Waals surface area contributed by atoms with Crippen LogP contribution in [0.5, 0.6) is 0 Å². The number of methoxy groups -OCH3 is 1. The average molecular weight is 117 g/mol. The van der Waals surface area contributed by atoms with E-state index in [9.17, 15) is 0 Å². The fourth-order valence-corrected chi connectivity index (χ4v) is 0.703. The van der Waals surface area contributed by atoms with E-state index in [2.05, 4.69) is 0 Å². The van der Waals surface area contributed by atoms with Crippen molar-refractivity contribution in [3.63, 3.8) is 0 Å². The van der Waals surface area contributed by atoms with E-state index >= 15 is 0 Å². The number of hydrogen-bond donors (Lipinski definition) is 1. The van der Waals surface area contributed by atoms with E-state index in [0.717, 1.165) is 6.42 Å². The van der Waals surface area contributed by atoms with Crippen LogP contribution >= 0.6 is 0 Å². The molecule has 48 valence electrons. The van der Waals surface area contributed by atoms with Crippen LogP contribution in [0.1, 0.15) is 6.42 Å². The van der Waals surface area contributed by atoms with Gasteiger partial charge in [0, 0.05) is 7.11 Å². The molecule has 0 aromatic heterocycles. The molecule has 0 aliphatic carbocycles. The lowest BCUT2D eigenvalue weighted by atomic mass is 10.3. The first-order chi connectivity index (χ1) is 3.88. The van der Waals surface area contributed by atoms with Gasteiger partial charge in [-0.05, 0) is 13.0 Å². The van der Waals surface area contributed by atoms with E-state index in [0.29, 0.717) is 6.54 Å². The minimum atomic E-state index is 0.0403. The smallest absolute Gasteiger partial charge is 0.184 e. The number of epoxide rings is 1. The lowest BCUT2D eigenvalue weighted by molar-refractivity contribution is 0.0950. The van der Waals surface area contributed by atoms with Gasteiger partial charge in [-0.1, -0.05) is 0 Å². The third-order valence-electron chi connectivity index (χ3n) is 1.22. The van der Waals surface area contributed by atoms with Crippen molar-refractivity contribution in [1.82, 2.24) is 0 Å². The van der Waals surface area contributed by atoms with E-state index in [1.807, 2.05) is 0 Å². The van der Waals surface area contributed by atoms with E-state index in [1.54, 1.807) is 7.11 Å². The molecule has 1 rings (SSSR count). The van der Waals surface area contributed by atoms with Crippen molar-refractivity contribution >= 4 is 0 Å². The molecule has 1 saturated heterocycles. The second-order valence-corrected chi connectivity index (χ2v) is 1.86. The molecule has 0 amide bonds. The Labute approximate surface area is 48.8 Å². The van der Waals surface area contributed by atoms with Gasteiger partial charge in [0.05, 0.1) is 0 Å². The first-order valence-electron chi connectivity index (χ1n) is 2.77. The molecule has 0 radical (unpaired) electrons. The Morgan fingerprint density at radius 2 is 2.50 bits per heavy atom. The van der Waals surface area contributed by atoms with Crippen molar-refractivity contribution < 1.29 is 9.47 Å². The summed E-state index contributed by atoms with van der Waals surface area (Å²) in [7, 11) is 1.64. The van der Waals surface area contributed by atoms with Gasteiger partial charge >= 0.3 is 0 Å². The highest BCUT2D eigenvalue weighted by molar-refractivity contribution is 4.75. The zero-order chi connectivity index (χ0) is 5.98. The zero-order valence-electron chi connectivity index (χ0n) is 4.96. The van der Waals surface area contributed by atoms with Crippen molar-refractivity contribution in [2.45, 2.75) is 18.8 Å². The molecule has 0 aromatic rings. The number of rotatable bonds is 3. The first kappa shape index (κ1) is 6.01. The molecule has 3 nitrogen and oxygen atoms in total. The van der Waals surface area contributed by atoms with Gasteiger partial charge < -0.3 is 15.2 Å². The maximum Gasteiger partial charge on any atom is 0.184 e. The summed E-state index contributed by atoms with van der Waals surface area (Å²) >= 11 is 0. The Morgan fingerprint density at radius 1 is 1.75 bits per heavy atom. The predicted octanol–water partition coefficient (Wildman–Crippen LogP) is -0.294. The third-order valence-corrected chi connectivity index (χ3v) is 1.22. The van der Waals surface area contributed by atoms with Crippen LogP contribution in [0.2, 0.25) is 0 Å². The van der Waals surface area contributed by atoms with Crippen molar-refractivity contribution in [3.05, 3.63) is 0 Å². The lowest BCUT2D eigenvalue weighted by Gasteiger charge is -1.86. The highest BCUT2D eigenvalue weighted by Gasteiger charge is 2.37. The minimum absolute atomic E-state index is 0.0403. The fourth-order valence-electron chi connectivity index (χ4n) is 0.703. The number of hydrogen-bond acceptors (Lipinski definition) is 3. The summed E-state index contributed by atoms with van der Waals surface area (Å²) in [5.41, 5.74) is 5.25. The van der Waals surface area contributed by atoms with Crippen LogP contribution in [0.4, 0.5) is 0 Å². The van der Waals surface area contributed by atoms with Gasteiger partial charge in [0.2, 0.25) is 0 Å². The molecule has 2 N–H and O–H groups in total. The van der Waals surface area contributed by atoms with Gasteiger partial charge in [0.1, 0.15) is 6.10 Å². The first-order valence-corrected chi connectivity index (χ1v) is 2.77. The molecular formula is C5H11NO2. The molecule has 0 bridgehead atoms. The molecular weight excluding hydrogens is 106 g/mol. The molecule has 1 fully saturated rings. The quantitative estimate of drug-likeness (QED) is 0.516. The summed E-state index contributed by atoms with van der Waals surface area (Å²) in [5, 5.41) is 0. The van der Waals surface area contributed by atoms with Crippen LogP contribution < -0.4 is 5.73 Å². The van der Waals surface area contributed by atoms with Crippen LogP contribution in [0.3, 0.4) is 0 Å². The normalized spacial score (nSPS) is 35.2. The highest BCUT2D eigenvalue weighted by atomic mass is 16.8. The number of ether oxygens (including phenoxy) is 2. The molecule has 8 heavy (non-hydrogen) atoms. The molecule has 2 unspecified atom stereocenters. The third kappa shape index (κ3) is 1.18. The predicted molar refractivity (Wildman–Crippen MR) is 29.3 cm³/mol. The standard InChI is InChI=1S/C5H11NO2/c1-7-5-4(8-5)2-3-6/h4-5H,2-3,6H2,1H3. The lowest BCUT2D eigenvalue weighted by Crippen LogP contribution is -2.05. The summed E-state index contributed by atoms with van der Waals surface area (Å²) in [6.45, 7) is 0.685. The second-order valence-electron chi connectivity index (χ2n) is 1.86. The Bertz CT molecular complexity index is 76.8. The molecule has 0 saturated carbocycles. The van der Waals surface area contributed by atoms with Crippen molar-refractivity contribution in [2.75, 3.05) is 13.7 Å². The minimum Gasteiger partial charge on any atom is -0.353 e. The summed E-state index contributed by atoms with van der Waals surface area (Å²) in [5.74, 6) is 0. The van der Waals surface area contributed by atoms with Crippen LogP contribution in [0.25, 0.3) is 0 Å². The monoisotopic (exact) mass is 117 g/mol. The molecule has 1 aliphatic heterocycles. The van der Waals surface area contributed by atoms with Crippen molar-refractivity contribution in [1.29, 1.82) is 0 Å². The summed E-state index contributed by atoms with van der Waals surface area (Å²) in [4.78, 5) is 0. The summed E-state index contributed by atoms with van der Waals surface area (Å²) < 4.78 is 9.85. The number of nitrogens with two attached hydrogens (primary N) is 1. The van der Waals surface area contributed by atoms with Gasteiger partial charge in [-0.15, -0.1) is 0 Å². The molecule has 0 spiro atoms. The Kier molecular flexibility index (Phi) is 1.83. The maximum absolute atomic E-state index is 5.25. The van der Waals surface area contributed by atoms with E-state index < -0.39 is 0 Å². The van der Waals surface area contributed by atoms with Crippen molar-refractivity contribution in [3.8, 4) is 0 Å².